The van der Waals surface area contributed by atoms with Crippen LogP contribution in [0.5, 0.6) is 0 Å². The number of hydrogen-bond donors (Lipinski definition) is 3. The molecule has 0 radical (unpaired) electrons. The van der Waals surface area contributed by atoms with Crippen LogP contribution in [-0.4, -0.2) is 19.9 Å². The first-order valence-electron chi connectivity index (χ1n) is 6.56. The molecule has 112 valence electrons. The molecule has 7 heteroatoms. The monoisotopic (exact) mass is 298 g/mol. The molecule has 0 saturated heterocycles. The number of aromatic nitrogens is 1. The van der Waals surface area contributed by atoms with E-state index in [2.05, 4.69) is 42.8 Å². The molecule has 0 unspecified atom stereocenters. The highest BCUT2D eigenvalue weighted by atomic mass is 32.2. The standard InChI is InChI=1S/C13H22N4O2S/c1-12(2)10(13(12,3)4)8-16-20(18,19)9-6-5-7-15-11(9)17-14/h5-7,10,16H,8,14H2,1-4H3,(H,15,17). The second-order valence-corrected chi connectivity index (χ2v) is 8.08. The number of hydrazine groups is 1. The maximum Gasteiger partial charge on any atom is 0.244 e. The summed E-state index contributed by atoms with van der Waals surface area (Å²) in [5.41, 5.74) is 2.58. The Morgan fingerprint density at radius 3 is 2.40 bits per heavy atom. The maximum absolute atomic E-state index is 12.3. The van der Waals surface area contributed by atoms with Gasteiger partial charge in [-0.15, -0.1) is 0 Å². The number of anilines is 1. The van der Waals surface area contributed by atoms with E-state index in [1.165, 1.54) is 12.3 Å². The molecule has 0 amide bonds. The van der Waals surface area contributed by atoms with Crippen LogP contribution in [-0.2, 0) is 10.0 Å². The molecule has 0 bridgehead atoms. The summed E-state index contributed by atoms with van der Waals surface area (Å²) < 4.78 is 27.3. The highest BCUT2D eigenvalue weighted by molar-refractivity contribution is 7.89. The van der Waals surface area contributed by atoms with Gasteiger partial charge in [0, 0.05) is 12.7 Å². The lowest BCUT2D eigenvalue weighted by molar-refractivity contribution is 0.457. The van der Waals surface area contributed by atoms with E-state index in [1.54, 1.807) is 6.07 Å². The van der Waals surface area contributed by atoms with Crippen LogP contribution < -0.4 is 16.0 Å². The summed E-state index contributed by atoms with van der Waals surface area (Å²) in [5.74, 6) is 5.76. The van der Waals surface area contributed by atoms with Gasteiger partial charge in [-0.2, -0.15) is 0 Å². The molecule has 0 atom stereocenters. The molecular formula is C13H22N4O2S. The minimum absolute atomic E-state index is 0.0683. The van der Waals surface area contributed by atoms with Crippen LogP contribution in [0.15, 0.2) is 23.2 Å². The van der Waals surface area contributed by atoms with Crippen molar-refractivity contribution in [1.82, 2.24) is 9.71 Å². The lowest BCUT2D eigenvalue weighted by atomic mass is 10.0. The Balaban J connectivity index is 2.14. The molecular weight excluding hydrogens is 276 g/mol. The van der Waals surface area contributed by atoms with E-state index in [4.69, 9.17) is 5.84 Å². The number of nitrogen functional groups attached to an aromatic ring is 1. The smallest absolute Gasteiger partial charge is 0.244 e. The molecule has 1 saturated carbocycles. The van der Waals surface area contributed by atoms with Crippen molar-refractivity contribution in [3.63, 3.8) is 0 Å². The number of hydrogen-bond acceptors (Lipinski definition) is 5. The van der Waals surface area contributed by atoms with Crippen molar-refractivity contribution < 1.29 is 8.42 Å². The van der Waals surface area contributed by atoms with Crippen LogP contribution in [0.1, 0.15) is 27.7 Å². The lowest BCUT2D eigenvalue weighted by Gasteiger charge is -2.10. The zero-order valence-corrected chi connectivity index (χ0v) is 13.1. The number of nitrogens with two attached hydrogens (primary N) is 1. The zero-order valence-electron chi connectivity index (χ0n) is 12.3. The molecule has 1 fully saturated rings. The van der Waals surface area contributed by atoms with Crippen LogP contribution >= 0.6 is 0 Å². The Morgan fingerprint density at radius 1 is 1.30 bits per heavy atom. The molecule has 1 heterocycles. The predicted octanol–water partition coefficient (Wildman–Crippen LogP) is 1.33. The van der Waals surface area contributed by atoms with Crippen LogP contribution in [0, 0.1) is 16.7 Å². The number of pyridine rings is 1. The predicted molar refractivity (Wildman–Crippen MR) is 78.3 cm³/mol. The second-order valence-electron chi connectivity index (χ2n) is 6.34. The van der Waals surface area contributed by atoms with E-state index in [1.807, 2.05) is 0 Å². The van der Waals surface area contributed by atoms with Gasteiger partial charge in [-0.1, -0.05) is 27.7 Å². The van der Waals surface area contributed by atoms with Gasteiger partial charge in [0.15, 0.2) is 5.82 Å². The van der Waals surface area contributed by atoms with Crippen LogP contribution in [0.2, 0.25) is 0 Å². The van der Waals surface area contributed by atoms with Gasteiger partial charge in [-0.25, -0.2) is 24.0 Å². The van der Waals surface area contributed by atoms with Crippen molar-refractivity contribution in [1.29, 1.82) is 0 Å². The van der Waals surface area contributed by atoms with Crippen molar-refractivity contribution in [2.45, 2.75) is 32.6 Å². The third-order valence-electron chi connectivity index (χ3n) is 4.99. The fourth-order valence-electron chi connectivity index (χ4n) is 2.83. The summed E-state index contributed by atoms with van der Waals surface area (Å²) in [4.78, 5) is 3.98. The van der Waals surface area contributed by atoms with Gasteiger partial charge in [-0.05, 0) is 28.9 Å². The number of rotatable bonds is 5. The number of nitrogens with one attached hydrogen (secondary N) is 2. The van der Waals surface area contributed by atoms with E-state index >= 15 is 0 Å². The average molecular weight is 298 g/mol. The Bertz CT molecular complexity index is 597. The first-order chi connectivity index (χ1) is 9.14. The highest BCUT2D eigenvalue weighted by Crippen LogP contribution is 2.67. The third kappa shape index (κ3) is 2.30. The van der Waals surface area contributed by atoms with Crippen LogP contribution in [0.4, 0.5) is 5.82 Å². The summed E-state index contributed by atoms with van der Waals surface area (Å²) >= 11 is 0. The minimum atomic E-state index is -3.61. The molecule has 1 aromatic heterocycles. The minimum Gasteiger partial charge on any atom is -0.307 e. The molecule has 2 rings (SSSR count). The molecule has 4 N–H and O–H groups in total. The largest absolute Gasteiger partial charge is 0.307 e. The topological polar surface area (TPSA) is 97.1 Å². The normalized spacial score (nSPS) is 20.6. The number of sulfonamides is 1. The van der Waals surface area contributed by atoms with Crippen molar-refractivity contribution in [2.75, 3.05) is 12.0 Å². The Kier molecular flexibility index (Phi) is 3.56. The SMILES string of the molecule is CC1(C)C(CNS(=O)(=O)c2cccnc2NN)C1(C)C. The lowest BCUT2D eigenvalue weighted by Crippen LogP contribution is -2.28. The molecule has 6 nitrogen and oxygen atoms in total. The highest BCUT2D eigenvalue weighted by Gasteiger charge is 2.64. The van der Waals surface area contributed by atoms with E-state index in [0.717, 1.165) is 0 Å². The van der Waals surface area contributed by atoms with Crippen molar-refractivity contribution in [2.24, 2.45) is 22.6 Å². The molecule has 0 spiro atoms. The fourth-order valence-corrected chi connectivity index (χ4v) is 4.00. The Morgan fingerprint density at radius 2 is 1.90 bits per heavy atom. The van der Waals surface area contributed by atoms with Gasteiger partial charge in [0.25, 0.3) is 0 Å². The van der Waals surface area contributed by atoms with Gasteiger partial charge >= 0.3 is 0 Å². The van der Waals surface area contributed by atoms with Gasteiger partial charge in [-0.3, -0.25) is 0 Å². The summed E-state index contributed by atoms with van der Waals surface area (Å²) in [7, 11) is -3.61. The first kappa shape index (κ1) is 15.2. The molecule has 1 aliphatic rings. The molecule has 1 aromatic rings. The van der Waals surface area contributed by atoms with Crippen molar-refractivity contribution >= 4 is 15.8 Å². The van der Waals surface area contributed by atoms with Crippen molar-refractivity contribution in [3.8, 4) is 0 Å². The molecule has 20 heavy (non-hydrogen) atoms. The summed E-state index contributed by atoms with van der Waals surface area (Å²) in [6, 6.07) is 3.05. The quantitative estimate of drug-likeness (QED) is 0.563. The molecule has 1 aliphatic carbocycles. The first-order valence-corrected chi connectivity index (χ1v) is 8.04. The maximum atomic E-state index is 12.3. The van der Waals surface area contributed by atoms with Crippen LogP contribution in [0.3, 0.4) is 0 Å². The van der Waals surface area contributed by atoms with E-state index in [-0.39, 0.29) is 21.5 Å². The molecule has 0 aromatic carbocycles. The van der Waals surface area contributed by atoms with E-state index < -0.39 is 10.0 Å². The van der Waals surface area contributed by atoms with Crippen molar-refractivity contribution in [3.05, 3.63) is 18.3 Å². The average Bonchev–Trinajstić information content (AvgIpc) is 2.77. The zero-order chi connectivity index (χ0) is 15.2. The summed E-state index contributed by atoms with van der Waals surface area (Å²) in [5, 5.41) is 0. The second kappa shape index (κ2) is 4.68. The van der Waals surface area contributed by atoms with E-state index in [9.17, 15) is 8.42 Å². The fraction of sp³-hybridized carbons (Fsp3) is 0.615. The Hall–Kier alpha value is -1.18. The number of nitrogens with zero attached hydrogens (tertiary/aromatic N) is 1. The van der Waals surface area contributed by atoms with Gasteiger partial charge in [0.05, 0.1) is 0 Å². The summed E-state index contributed by atoms with van der Waals surface area (Å²) in [6.07, 6.45) is 1.49. The molecule has 0 aliphatic heterocycles. The van der Waals surface area contributed by atoms with Gasteiger partial charge in [0.2, 0.25) is 10.0 Å². The van der Waals surface area contributed by atoms with Crippen LogP contribution in [0.25, 0.3) is 0 Å². The van der Waals surface area contributed by atoms with Gasteiger partial charge in [0.1, 0.15) is 4.90 Å². The van der Waals surface area contributed by atoms with E-state index in [0.29, 0.717) is 12.5 Å². The third-order valence-corrected chi connectivity index (χ3v) is 6.45. The Labute approximate surface area is 120 Å². The summed E-state index contributed by atoms with van der Waals surface area (Å²) in [6.45, 7) is 9.04. The van der Waals surface area contributed by atoms with Gasteiger partial charge < -0.3 is 5.43 Å².